The van der Waals surface area contributed by atoms with Gasteiger partial charge in [0.05, 0.1) is 5.56 Å². The lowest BCUT2D eigenvalue weighted by atomic mass is 9.99. The SMILES string of the molecule is NCC1CCCN(c2n[nH]c(-c3ccc(Cl)cc3F)n2)C1. The van der Waals surface area contributed by atoms with Crippen molar-refractivity contribution < 1.29 is 4.39 Å². The van der Waals surface area contributed by atoms with E-state index in [1.807, 2.05) is 0 Å². The number of piperidine rings is 1. The van der Waals surface area contributed by atoms with Gasteiger partial charge in [0.2, 0.25) is 5.95 Å². The second-order valence-corrected chi connectivity index (χ2v) is 5.73. The molecule has 5 nitrogen and oxygen atoms in total. The Hall–Kier alpha value is -1.66. The number of hydrogen-bond acceptors (Lipinski definition) is 4. The Morgan fingerprint density at radius 3 is 3.10 bits per heavy atom. The van der Waals surface area contributed by atoms with E-state index in [4.69, 9.17) is 17.3 Å². The van der Waals surface area contributed by atoms with Crippen molar-refractivity contribution in [1.82, 2.24) is 15.2 Å². The molecule has 0 bridgehead atoms. The zero-order chi connectivity index (χ0) is 14.8. The van der Waals surface area contributed by atoms with Crippen molar-refractivity contribution in [1.29, 1.82) is 0 Å². The Balaban J connectivity index is 1.83. The van der Waals surface area contributed by atoms with E-state index in [0.29, 0.717) is 34.8 Å². The van der Waals surface area contributed by atoms with Crippen LogP contribution in [0.5, 0.6) is 0 Å². The third kappa shape index (κ3) is 3.01. The number of anilines is 1. The average molecular weight is 310 g/mol. The molecule has 0 amide bonds. The molecule has 1 aliphatic rings. The molecule has 7 heteroatoms. The number of hydrogen-bond donors (Lipinski definition) is 2. The number of nitrogens with two attached hydrogens (primary N) is 1. The van der Waals surface area contributed by atoms with E-state index >= 15 is 0 Å². The van der Waals surface area contributed by atoms with E-state index in [9.17, 15) is 4.39 Å². The van der Waals surface area contributed by atoms with Crippen molar-refractivity contribution in [3.05, 3.63) is 29.0 Å². The summed E-state index contributed by atoms with van der Waals surface area (Å²) in [4.78, 5) is 6.49. The Labute approximate surface area is 127 Å². The molecule has 112 valence electrons. The molecule has 1 unspecified atom stereocenters. The molecule has 0 aliphatic carbocycles. The maximum Gasteiger partial charge on any atom is 0.245 e. The summed E-state index contributed by atoms with van der Waals surface area (Å²) in [6.07, 6.45) is 2.21. The number of aromatic nitrogens is 3. The molecule has 3 N–H and O–H groups in total. The number of aromatic amines is 1. The Kier molecular flexibility index (Phi) is 4.07. The average Bonchev–Trinajstić information content (AvgIpc) is 2.97. The molecule has 1 aromatic heterocycles. The highest BCUT2D eigenvalue weighted by Crippen LogP contribution is 2.25. The Morgan fingerprint density at radius 1 is 1.48 bits per heavy atom. The van der Waals surface area contributed by atoms with E-state index in [2.05, 4.69) is 20.1 Å². The fourth-order valence-corrected chi connectivity index (χ4v) is 2.79. The molecular formula is C14H17ClFN5. The van der Waals surface area contributed by atoms with Crippen LogP contribution in [-0.2, 0) is 0 Å². The second-order valence-electron chi connectivity index (χ2n) is 5.30. The van der Waals surface area contributed by atoms with E-state index in [-0.39, 0.29) is 0 Å². The van der Waals surface area contributed by atoms with Crippen LogP contribution in [0.4, 0.5) is 10.3 Å². The van der Waals surface area contributed by atoms with Gasteiger partial charge in [-0.1, -0.05) is 11.6 Å². The lowest BCUT2D eigenvalue weighted by Crippen LogP contribution is -2.38. The molecular weight excluding hydrogens is 293 g/mol. The molecule has 3 rings (SSSR count). The summed E-state index contributed by atoms with van der Waals surface area (Å²) in [5.74, 6) is 1.06. The zero-order valence-corrected chi connectivity index (χ0v) is 12.3. The van der Waals surface area contributed by atoms with Gasteiger partial charge in [0.1, 0.15) is 5.82 Å². The van der Waals surface area contributed by atoms with Crippen LogP contribution in [0.15, 0.2) is 18.2 Å². The van der Waals surface area contributed by atoms with Crippen LogP contribution in [-0.4, -0.2) is 34.8 Å². The molecule has 1 saturated heterocycles. The Morgan fingerprint density at radius 2 is 2.33 bits per heavy atom. The maximum absolute atomic E-state index is 13.9. The van der Waals surface area contributed by atoms with Gasteiger partial charge >= 0.3 is 0 Å². The van der Waals surface area contributed by atoms with E-state index in [1.165, 1.54) is 6.07 Å². The van der Waals surface area contributed by atoms with Gasteiger partial charge in [-0.05, 0) is 43.5 Å². The minimum Gasteiger partial charge on any atom is -0.339 e. The molecule has 0 spiro atoms. The molecule has 21 heavy (non-hydrogen) atoms. The number of benzene rings is 1. The molecule has 1 aliphatic heterocycles. The summed E-state index contributed by atoms with van der Waals surface area (Å²) in [6.45, 7) is 2.41. The molecule has 1 fully saturated rings. The predicted octanol–water partition coefficient (Wildman–Crippen LogP) is 2.44. The zero-order valence-electron chi connectivity index (χ0n) is 11.5. The highest BCUT2D eigenvalue weighted by molar-refractivity contribution is 6.30. The van der Waals surface area contributed by atoms with Crippen molar-refractivity contribution in [3.63, 3.8) is 0 Å². The van der Waals surface area contributed by atoms with Crippen LogP contribution >= 0.6 is 11.6 Å². The van der Waals surface area contributed by atoms with E-state index < -0.39 is 5.82 Å². The molecule has 1 aromatic carbocycles. The number of rotatable bonds is 3. The van der Waals surface area contributed by atoms with Gasteiger partial charge in [-0.25, -0.2) is 4.39 Å². The standard InChI is InChI=1S/C14H17ClFN5/c15-10-3-4-11(12(16)6-10)13-18-14(20-19-13)21-5-1-2-9(7-17)8-21/h3-4,6,9H,1-2,5,7-8,17H2,(H,18,19,20). The smallest absolute Gasteiger partial charge is 0.245 e. The first-order chi connectivity index (χ1) is 10.2. The minimum atomic E-state index is -0.413. The monoisotopic (exact) mass is 309 g/mol. The molecule has 2 heterocycles. The number of H-pyrrole nitrogens is 1. The van der Waals surface area contributed by atoms with Gasteiger partial charge in [0.25, 0.3) is 0 Å². The first kappa shape index (κ1) is 14.3. The van der Waals surface area contributed by atoms with Crippen LogP contribution in [0, 0.1) is 11.7 Å². The summed E-state index contributed by atoms with van der Waals surface area (Å²) in [7, 11) is 0. The highest BCUT2D eigenvalue weighted by atomic mass is 35.5. The van der Waals surface area contributed by atoms with Crippen molar-refractivity contribution in [2.45, 2.75) is 12.8 Å². The largest absolute Gasteiger partial charge is 0.339 e. The van der Waals surface area contributed by atoms with Crippen molar-refractivity contribution in [3.8, 4) is 11.4 Å². The molecule has 1 atom stereocenters. The van der Waals surface area contributed by atoms with Gasteiger partial charge < -0.3 is 10.6 Å². The van der Waals surface area contributed by atoms with Crippen molar-refractivity contribution >= 4 is 17.5 Å². The summed E-state index contributed by atoms with van der Waals surface area (Å²) in [5, 5.41) is 7.35. The normalized spacial score (nSPS) is 19.0. The van der Waals surface area contributed by atoms with Crippen LogP contribution in [0.2, 0.25) is 5.02 Å². The number of halogens is 2. The summed E-state index contributed by atoms with van der Waals surface area (Å²) >= 11 is 5.76. The summed E-state index contributed by atoms with van der Waals surface area (Å²) < 4.78 is 13.9. The lowest BCUT2D eigenvalue weighted by Gasteiger charge is -2.31. The predicted molar refractivity (Wildman–Crippen MR) is 80.8 cm³/mol. The number of nitrogens with one attached hydrogen (secondary N) is 1. The van der Waals surface area contributed by atoms with Gasteiger partial charge in [-0.15, -0.1) is 5.10 Å². The van der Waals surface area contributed by atoms with E-state index in [0.717, 1.165) is 25.9 Å². The Bertz CT molecular complexity index is 630. The van der Waals surface area contributed by atoms with Crippen LogP contribution < -0.4 is 10.6 Å². The highest BCUT2D eigenvalue weighted by Gasteiger charge is 2.22. The van der Waals surface area contributed by atoms with Gasteiger partial charge in [0, 0.05) is 18.1 Å². The van der Waals surface area contributed by atoms with Gasteiger partial charge in [-0.2, -0.15) is 4.98 Å². The second kappa shape index (κ2) is 5.99. The fraction of sp³-hybridized carbons (Fsp3) is 0.429. The third-order valence-corrected chi connectivity index (χ3v) is 4.03. The van der Waals surface area contributed by atoms with Crippen LogP contribution in [0.3, 0.4) is 0 Å². The van der Waals surface area contributed by atoms with Gasteiger partial charge in [-0.3, -0.25) is 5.10 Å². The first-order valence-electron chi connectivity index (χ1n) is 7.00. The lowest BCUT2D eigenvalue weighted by molar-refractivity contribution is 0.420. The van der Waals surface area contributed by atoms with E-state index in [1.54, 1.807) is 12.1 Å². The maximum atomic E-state index is 13.9. The third-order valence-electron chi connectivity index (χ3n) is 3.80. The quantitative estimate of drug-likeness (QED) is 0.913. The molecule has 0 radical (unpaired) electrons. The first-order valence-corrected chi connectivity index (χ1v) is 7.38. The van der Waals surface area contributed by atoms with Crippen molar-refractivity contribution in [2.75, 3.05) is 24.5 Å². The summed E-state index contributed by atoms with van der Waals surface area (Å²) in [6, 6.07) is 4.50. The van der Waals surface area contributed by atoms with Crippen LogP contribution in [0.1, 0.15) is 12.8 Å². The fourth-order valence-electron chi connectivity index (χ4n) is 2.64. The van der Waals surface area contributed by atoms with Crippen LogP contribution in [0.25, 0.3) is 11.4 Å². The number of nitrogens with zero attached hydrogens (tertiary/aromatic N) is 3. The van der Waals surface area contributed by atoms with Crippen molar-refractivity contribution in [2.24, 2.45) is 11.7 Å². The van der Waals surface area contributed by atoms with Gasteiger partial charge in [0.15, 0.2) is 5.82 Å². The summed E-state index contributed by atoms with van der Waals surface area (Å²) in [5.41, 5.74) is 6.10. The minimum absolute atomic E-state index is 0.359. The molecule has 0 saturated carbocycles. The molecule has 2 aromatic rings. The topological polar surface area (TPSA) is 70.8 Å².